The van der Waals surface area contributed by atoms with Crippen molar-refractivity contribution in [3.05, 3.63) is 57.3 Å². The molecular formula is C23H26ClN3O4S2. The second-order valence-corrected chi connectivity index (χ2v) is 11.6. The van der Waals surface area contributed by atoms with Crippen LogP contribution >= 0.6 is 22.9 Å². The Labute approximate surface area is 201 Å². The van der Waals surface area contributed by atoms with Crippen LogP contribution in [0, 0.1) is 0 Å². The van der Waals surface area contributed by atoms with Gasteiger partial charge in [-0.15, -0.1) is 11.3 Å². The largest absolute Gasteiger partial charge is 0.390 e. The lowest BCUT2D eigenvalue weighted by molar-refractivity contribution is -0.131. The summed E-state index contributed by atoms with van der Waals surface area (Å²) in [4.78, 5) is 20.2. The Morgan fingerprint density at radius 2 is 1.88 bits per heavy atom. The predicted molar refractivity (Wildman–Crippen MR) is 130 cm³/mol. The number of fused-ring (bicyclic) bond motifs is 1. The maximum absolute atomic E-state index is 12.8. The Balaban J connectivity index is 1.34. The molecule has 1 fully saturated rings. The number of hydrogen-bond donors (Lipinski definition) is 1. The van der Waals surface area contributed by atoms with Gasteiger partial charge >= 0.3 is 0 Å². The van der Waals surface area contributed by atoms with E-state index in [2.05, 4.69) is 0 Å². The molecule has 0 spiro atoms. The summed E-state index contributed by atoms with van der Waals surface area (Å²) in [6.45, 7) is 1.10. The maximum Gasteiger partial charge on any atom is 0.223 e. The lowest BCUT2D eigenvalue weighted by atomic mass is 10.1. The van der Waals surface area contributed by atoms with Gasteiger partial charge in [-0.05, 0) is 47.9 Å². The van der Waals surface area contributed by atoms with Gasteiger partial charge in [0.15, 0.2) is 14.6 Å². The van der Waals surface area contributed by atoms with Crippen molar-refractivity contribution in [2.75, 3.05) is 18.8 Å². The van der Waals surface area contributed by atoms with E-state index in [-0.39, 0.29) is 35.6 Å². The molecule has 0 unspecified atom stereocenters. The first-order chi connectivity index (χ1) is 15.8. The van der Waals surface area contributed by atoms with Crippen molar-refractivity contribution in [3.63, 3.8) is 0 Å². The monoisotopic (exact) mass is 507 g/mol. The number of rotatable bonds is 6. The van der Waals surface area contributed by atoms with E-state index in [0.29, 0.717) is 18.1 Å². The summed E-state index contributed by atoms with van der Waals surface area (Å²) >= 11 is 7.49. The standard InChI is InChI=1S/C23H26ClN3O4S2/c1-26-20(14-28)15-32-23(26)25-19-6-9-27(10-7-19)22(29)8-11-33(30,31)21-5-3-16-12-18(24)4-2-17(16)13-21/h2-5,12-13,15,19,28H,6-11,14H2,1H3. The van der Waals surface area contributed by atoms with E-state index >= 15 is 0 Å². The molecule has 3 aromatic rings. The lowest BCUT2D eigenvalue weighted by Gasteiger charge is -2.30. The van der Waals surface area contributed by atoms with Gasteiger partial charge < -0.3 is 14.6 Å². The molecule has 0 bridgehead atoms. The van der Waals surface area contributed by atoms with Crippen LogP contribution in [0.4, 0.5) is 0 Å². The van der Waals surface area contributed by atoms with Crippen molar-refractivity contribution < 1.29 is 18.3 Å². The fourth-order valence-electron chi connectivity index (χ4n) is 3.95. The minimum atomic E-state index is -3.57. The fourth-order valence-corrected chi connectivity index (χ4v) is 6.35. The number of thiazole rings is 1. The summed E-state index contributed by atoms with van der Waals surface area (Å²) in [5, 5.41) is 13.5. The number of aliphatic hydroxyl groups is 1. The van der Waals surface area contributed by atoms with E-state index in [0.717, 1.165) is 34.1 Å². The molecule has 1 aliphatic heterocycles. The number of sulfone groups is 1. The summed E-state index contributed by atoms with van der Waals surface area (Å²) in [5.41, 5.74) is 0.822. The highest BCUT2D eigenvalue weighted by atomic mass is 35.5. The quantitative estimate of drug-likeness (QED) is 0.554. The van der Waals surface area contributed by atoms with Gasteiger partial charge in [-0.3, -0.25) is 9.79 Å². The number of likely N-dealkylation sites (tertiary alicyclic amines) is 1. The Hall–Kier alpha value is -2.20. The van der Waals surface area contributed by atoms with Crippen LogP contribution in [-0.2, 0) is 28.3 Å². The SMILES string of the molecule is Cn1c(CO)csc1=NC1CCN(C(=O)CCS(=O)(=O)c2ccc3cc(Cl)ccc3c2)CC1. The maximum atomic E-state index is 12.8. The molecule has 1 saturated heterocycles. The summed E-state index contributed by atoms with van der Waals surface area (Å²) in [7, 11) is -1.69. The fraction of sp³-hybridized carbons (Fsp3) is 0.391. The number of benzene rings is 2. The number of aromatic nitrogens is 1. The zero-order chi connectivity index (χ0) is 23.6. The van der Waals surface area contributed by atoms with E-state index in [1.54, 1.807) is 41.3 Å². The molecule has 2 aromatic carbocycles. The minimum Gasteiger partial charge on any atom is -0.390 e. The van der Waals surface area contributed by atoms with E-state index in [1.807, 2.05) is 17.0 Å². The Morgan fingerprint density at radius 1 is 1.18 bits per heavy atom. The molecule has 1 aliphatic rings. The number of carbonyl (C=O) groups is 1. The Bertz CT molecular complexity index is 1340. The highest BCUT2D eigenvalue weighted by molar-refractivity contribution is 7.91. The van der Waals surface area contributed by atoms with Gasteiger partial charge in [-0.25, -0.2) is 8.42 Å². The van der Waals surface area contributed by atoms with E-state index in [4.69, 9.17) is 16.6 Å². The van der Waals surface area contributed by atoms with Crippen LogP contribution < -0.4 is 4.80 Å². The van der Waals surface area contributed by atoms with Crippen molar-refractivity contribution in [1.29, 1.82) is 0 Å². The molecule has 7 nitrogen and oxygen atoms in total. The molecular weight excluding hydrogens is 482 g/mol. The molecule has 10 heteroatoms. The zero-order valence-corrected chi connectivity index (χ0v) is 20.7. The van der Waals surface area contributed by atoms with Gasteiger partial charge in [0.25, 0.3) is 0 Å². The molecule has 0 radical (unpaired) electrons. The van der Waals surface area contributed by atoms with Gasteiger partial charge in [0.1, 0.15) is 0 Å². The third-order valence-electron chi connectivity index (χ3n) is 6.01. The van der Waals surface area contributed by atoms with Gasteiger partial charge in [-0.1, -0.05) is 23.7 Å². The van der Waals surface area contributed by atoms with Crippen LogP contribution in [0.15, 0.2) is 51.7 Å². The summed E-state index contributed by atoms with van der Waals surface area (Å²) in [6, 6.07) is 10.4. The van der Waals surface area contributed by atoms with Crippen LogP contribution in [0.1, 0.15) is 25.0 Å². The molecule has 0 aliphatic carbocycles. The minimum absolute atomic E-state index is 0.0219. The lowest BCUT2D eigenvalue weighted by Crippen LogP contribution is -2.40. The first-order valence-electron chi connectivity index (χ1n) is 10.7. The van der Waals surface area contributed by atoms with Crippen LogP contribution in [0.3, 0.4) is 0 Å². The molecule has 176 valence electrons. The number of piperidine rings is 1. The van der Waals surface area contributed by atoms with Crippen molar-refractivity contribution in [3.8, 4) is 0 Å². The van der Waals surface area contributed by atoms with Gasteiger partial charge in [0.05, 0.1) is 29.0 Å². The van der Waals surface area contributed by atoms with E-state index in [1.165, 1.54) is 11.3 Å². The third-order valence-corrected chi connectivity index (χ3v) is 8.94. The van der Waals surface area contributed by atoms with E-state index in [9.17, 15) is 18.3 Å². The number of amides is 1. The van der Waals surface area contributed by atoms with Crippen molar-refractivity contribution in [2.24, 2.45) is 12.0 Å². The predicted octanol–water partition coefficient (Wildman–Crippen LogP) is 3.14. The second kappa shape index (κ2) is 9.97. The van der Waals surface area contributed by atoms with Gasteiger partial charge in [0, 0.05) is 37.0 Å². The van der Waals surface area contributed by atoms with E-state index < -0.39 is 9.84 Å². The third kappa shape index (κ3) is 5.48. The highest BCUT2D eigenvalue weighted by Gasteiger charge is 2.24. The molecule has 1 aromatic heterocycles. The van der Waals surface area contributed by atoms with Gasteiger partial charge in [-0.2, -0.15) is 0 Å². The summed E-state index contributed by atoms with van der Waals surface area (Å²) < 4.78 is 27.5. The number of halogens is 1. The Morgan fingerprint density at radius 3 is 2.58 bits per heavy atom. The zero-order valence-electron chi connectivity index (χ0n) is 18.3. The first kappa shape index (κ1) is 23.9. The smallest absolute Gasteiger partial charge is 0.223 e. The molecule has 1 amide bonds. The first-order valence-corrected chi connectivity index (χ1v) is 13.7. The molecule has 33 heavy (non-hydrogen) atoms. The molecule has 1 N–H and O–H groups in total. The topological polar surface area (TPSA) is 92.0 Å². The number of hydrogen-bond acceptors (Lipinski definition) is 6. The van der Waals surface area contributed by atoms with Crippen LogP contribution in [0.25, 0.3) is 10.8 Å². The van der Waals surface area contributed by atoms with Crippen molar-refractivity contribution in [1.82, 2.24) is 9.47 Å². The number of carbonyl (C=O) groups excluding carboxylic acids is 1. The van der Waals surface area contributed by atoms with Crippen molar-refractivity contribution in [2.45, 2.75) is 36.8 Å². The molecule has 4 rings (SSSR count). The van der Waals surface area contributed by atoms with Crippen LogP contribution in [-0.4, -0.2) is 53.8 Å². The molecule has 0 atom stereocenters. The molecule has 2 heterocycles. The highest BCUT2D eigenvalue weighted by Crippen LogP contribution is 2.24. The Kier molecular flexibility index (Phi) is 7.23. The van der Waals surface area contributed by atoms with Crippen LogP contribution in [0.5, 0.6) is 0 Å². The normalized spacial score (nSPS) is 16.0. The molecule has 0 saturated carbocycles. The average Bonchev–Trinajstić information content (AvgIpc) is 3.16. The summed E-state index contributed by atoms with van der Waals surface area (Å²) in [5.74, 6) is -0.363. The van der Waals surface area contributed by atoms with Gasteiger partial charge in [0.2, 0.25) is 5.91 Å². The average molecular weight is 508 g/mol. The van der Waals surface area contributed by atoms with Crippen LogP contribution in [0.2, 0.25) is 5.02 Å². The number of aliphatic hydroxyl groups excluding tert-OH is 1. The van der Waals surface area contributed by atoms with Crippen molar-refractivity contribution >= 4 is 49.5 Å². The number of nitrogens with zero attached hydrogens (tertiary/aromatic N) is 3. The summed E-state index contributed by atoms with van der Waals surface area (Å²) in [6.07, 6.45) is 1.43. The second-order valence-electron chi connectivity index (χ2n) is 8.19.